The predicted octanol–water partition coefficient (Wildman–Crippen LogP) is 4.96. The van der Waals surface area contributed by atoms with E-state index in [0.29, 0.717) is 12.5 Å². The number of aliphatic carboxylic acids is 1. The smallest absolute Gasteiger partial charge is 0.407 e. The van der Waals surface area contributed by atoms with Gasteiger partial charge in [0, 0.05) is 5.92 Å². The lowest BCUT2D eigenvalue weighted by atomic mass is 9.98. The Bertz CT molecular complexity index is 763. The van der Waals surface area contributed by atoms with Crippen molar-refractivity contribution in [1.82, 2.24) is 5.32 Å². The molecule has 0 saturated heterocycles. The Balaban J connectivity index is 0.000000345. The number of hydrogen-bond donors (Lipinski definition) is 2. The number of rotatable bonds is 6. The Morgan fingerprint density at radius 2 is 1.64 bits per heavy atom. The van der Waals surface area contributed by atoms with Crippen LogP contribution in [0.25, 0.3) is 11.1 Å². The Labute approximate surface area is 170 Å². The monoisotopic (exact) mass is 401 g/mol. The van der Waals surface area contributed by atoms with Crippen LogP contribution in [0.4, 0.5) is 4.79 Å². The van der Waals surface area contributed by atoms with E-state index in [1.807, 2.05) is 37.4 Å². The molecule has 0 aliphatic heterocycles. The van der Waals surface area contributed by atoms with Crippen molar-refractivity contribution < 1.29 is 19.4 Å². The number of amides is 1. The molecule has 28 heavy (non-hydrogen) atoms. The molecule has 0 spiro atoms. The summed E-state index contributed by atoms with van der Waals surface area (Å²) in [6.07, 6.45) is 2.30. The van der Waals surface area contributed by atoms with Crippen LogP contribution in [0.2, 0.25) is 0 Å². The van der Waals surface area contributed by atoms with Gasteiger partial charge in [-0.05, 0) is 34.9 Å². The van der Waals surface area contributed by atoms with Crippen LogP contribution in [0.15, 0.2) is 48.5 Å². The van der Waals surface area contributed by atoms with Gasteiger partial charge >= 0.3 is 12.1 Å². The lowest BCUT2D eigenvalue weighted by Gasteiger charge is -2.14. The molecule has 1 atom stereocenters. The lowest BCUT2D eigenvalue weighted by molar-refractivity contribution is -0.141. The van der Waals surface area contributed by atoms with Crippen molar-refractivity contribution in [2.24, 2.45) is 5.92 Å². The van der Waals surface area contributed by atoms with Crippen molar-refractivity contribution in [1.29, 1.82) is 0 Å². The maximum Gasteiger partial charge on any atom is 0.407 e. The molecule has 2 N–H and O–H groups in total. The highest BCUT2D eigenvalue weighted by Gasteiger charge is 2.28. The number of thioether (sulfide) groups is 1. The molecule has 6 heteroatoms. The molecule has 2 aromatic rings. The maximum absolute atomic E-state index is 11.6. The summed E-state index contributed by atoms with van der Waals surface area (Å²) in [4.78, 5) is 21.6. The summed E-state index contributed by atoms with van der Waals surface area (Å²) in [5.41, 5.74) is 4.95. The van der Waals surface area contributed by atoms with Crippen LogP contribution in [0, 0.1) is 5.92 Å². The van der Waals surface area contributed by atoms with E-state index in [1.54, 1.807) is 18.7 Å². The molecular formula is C22H27NO4S. The van der Waals surface area contributed by atoms with Crippen molar-refractivity contribution in [2.45, 2.75) is 26.2 Å². The number of carboxylic acids is 1. The number of alkyl carbamates (subject to hydrolysis) is 1. The number of carbonyl (C=O) groups is 2. The van der Waals surface area contributed by atoms with E-state index < -0.39 is 5.97 Å². The predicted molar refractivity (Wildman–Crippen MR) is 114 cm³/mol. The summed E-state index contributed by atoms with van der Waals surface area (Å²) < 4.78 is 5.38. The fraction of sp³-hybridized carbons (Fsp3) is 0.364. The van der Waals surface area contributed by atoms with E-state index >= 15 is 0 Å². The van der Waals surface area contributed by atoms with Crippen molar-refractivity contribution >= 4 is 23.8 Å². The van der Waals surface area contributed by atoms with Crippen LogP contribution >= 0.6 is 11.8 Å². The molecule has 2 aromatic carbocycles. The van der Waals surface area contributed by atoms with E-state index in [1.165, 1.54) is 22.3 Å². The SMILES string of the molecule is CCC(C)C(=O)O.CSCNC(=O)OCC1c2ccccc2-c2ccccc21. The summed E-state index contributed by atoms with van der Waals surface area (Å²) in [7, 11) is 0. The van der Waals surface area contributed by atoms with Crippen molar-refractivity contribution in [3.8, 4) is 11.1 Å². The van der Waals surface area contributed by atoms with Crippen molar-refractivity contribution in [3.63, 3.8) is 0 Å². The fourth-order valence-corrected chi connectivity index (χ4v) is 3.22. The molecule has 1 unspecified atom stereocenters. The molecule has 0 saturated carbocycles. The van der Waals surface area contributed by atoms with Crippen LogP contribution in [-0.4, -0.2) is 35.9 Å². The molecule has 0 radical (unpaired) electrons. The van der Waals surface area contributed by atoms with Gasteiger partial charge in [0.2, 0.25) is 0 Å². The highest BCUT2D eigenvalue weighted by atomic mass is 32.2. The largest absolute Gasteiger partial charge is 0.481 e. The maximum atomic E-state index is 11.6. The van der Waals surface area contributed by atoms with E-state index in [4.69, 9.17) is 9.84 Å². The quantitative estimate of drug-likeness (QED) is 0.669. The molecule has 0 fully saturated rings. The van der Waals surface area contributed by atoms with Gasteiger partial charge in [-0.2, -0.15) is 0 Å². The first-order chi connectivity index (χ1) is 13.5. The Morgan fingerprint density at radius 3 is 2.07 bits per heavy atom. The summed E-state index contributed by atoms with van der Waals surface area (Å²) in [6.45, 7) is 3.93. The van der Waals surface area contributed by atoms with Gasteiger partial charge in [-0.25, -0.2) is 4.79 Å². The highest BCUT2D eigenvalue weighted by Crippen LogP contribution is 2.44. The van der Waals surface area contributed by atoms with E-state index in [0.717, 1.165) is 6.42 Å². The summed E-state index contributed by atoms with van der Waals surface area (Å²) in [5, 5.41) is 10.9. The molecular weight excluding hydrogens is 374 g/mol. The van der Waals surface area contributed by atoms with Crippen LogP contribution in [0.3, 0.4) is 0 Å². The van der Waals surface area contributed by atoms with Gasteiger partial charge < -0.3 is 15.2 Å². The summed E-state index contributed by atoms with van der Waals surface area (Å²) >= 11 is 1.55. The number of hydrogen-bond acceptors (Lipinski definition) is 4. The number of nitrogens with one attached hydrogen (secondary N) is 1. The average Bonchev–Trinajstić information content (AvgIpc) is 3.04. The van der Waals surface area contributed by atoms with E-state index in [2.05, 4.69) is 29.6 Å². The molecule has 1 amide bonds. The summed E-state index contributed by atoms with van der Waals surface area (Å²) in [5.74, 6) is -0.198. The number of carbonyl (C=O) groups excluding carboxylic acids is 1. The van der Waals surface area contributed by atoms with Crippen molar-refractivity contribution in [3.05, 3.63) is 59.7 Å². The number of fused-ring (bicyclic) bond motifs is 3. The van der Waals surface area contributed by atoms with Crippen LogP contribution in [0.5, 0.6) is 0 Å². The second-order valence-corrected chi connectivity index (χ2v) is 7.45. The van der Waals surface area contributed by atoms with Gasteiger partial charge in [0.05, 0.1) is 11.8 Å². The number of ether oxygens (including phenoxy) is 1. The molecule has 0 bridgehead atoms. The molecule has 0 aromatic heterocycles. The van der Waals surface area contributed by atoms with Gasteiger partial charge in [-0.1, -0.05) is 62.4 Å². The lowest BCUT2D eigenvalue weighted by Crippen LogP contribution is -2.25. The standard InChI is InChI=1S/C17H17NO2S.C5H10O2/c1-21-11-18-17(19)20-10-16-14-8-4-2-6-12(14)13-7-3-5-9-15(13)16;1-3-4(2)5(6)7/h2-9,16H,10-11H2,1H3,(H,18,19);4H,3H2,1-2H3,(H,6,7). The van der Waals surface area contributed by atoms with Crippen LogP contribution < -0.4 is 5.32 Å². The zero-order chi connectivity index (χ0) is 20.5. The molecule has 5 nitrogen and oxygen atoms in total. The molecule has 1 aliphatic rings. The number of carboxylic acid groups (broad SMARTS) is 1. The van der Waals surface area contributed by atoms with Crippen LogP contribution in [0.1, 0.15) is 37.3 Å². The minimum absolute atomic E-state index is 0.123. The third-order valence-electron chi connectivity index (χ3n) is 4.74. The Kier molecular flexibility index (Phi) is 8.39. The first-order valence-corrected chi connectivity index (χ1v) is 10.7. The van der Waals surface area contributed by atoms with Gasteiger partial charge in [0.25, 0.3) is 0 Å². The Hall–Kier alpha value is -2.47. The second-order valence-electron chi connectivity index (χ2n) is 6.58. The molecule has 1 aliphatic carbocycles. The van der Waals surface area contributed by atoms with Gasteiger partial charge in [0.1, 0.15) is 6.61 Å². The zero-order valence-corrected chi connectivity index (χ0v) is 17.3. The van der Waals surface area contributed by atoms with E-state index in [9.17, 15) is 9.59 Å². The minimum Gasteiger partial charge on any atom is -0.481 e. The van der Waals surface area contributed by atoms with Crippen molar-refractivity contribution in [2.75, 3.05) is 18.7 Å². The van der Waals surface area contributed by atoms with Gasteiger partial charge in [-0.3, -0.25) is 4.79 Å². The topological polar surface area (TPSA) is 75.6 Å². The number of benzene rings is 2. The molecule has 3 rings (SSSR count). The minimum atomic E-state index is -0.706. The zero-order valence-electron chi connectivity index (χ0n) is 16.5. The Morgan fingerprint density at radius 1 is 1.11 bits per heavy atom. The highest BCUT2D eigenvalue weighted by molar-refractivity contribution is 7.98. The second kappa shape index (κ2) is 10.8. The van der Waals surface area contributed by atoms with Gasteiger partial charge in [-0.15, -0.1) is 11.8 Å². The third kappa shape index (κ3) is 5.52. The first kappa shape index (κ1) is 21.8. The normalized spacial score (nSPS) is 12.8. The fourth-order valence-electron chi connectivity index (χ4n) is 2.96. The molecule has 150 valence electrons. The first-order valence-electron chi connectivity index (χ1n) is 9.30. The van der Waals surface area contributed by atoms with Gasteiger partial charge in [0.15, 0.2) is 0 Å². The van der Waals surface area contributed by atoms with Crippen LogP contribution in [-0.2, 0) is 9.53 Å². The average molecular weight is 402 g/mol. The summed E-state index contributed by atoms with van der Waals surface area (Å²) in [6, 6.07) is 16.6. The van der Waals surface area contributed by atoms with E-state index in [-0.39, 0.29) is 17.9 Å². The third-order valence-corrected chi connectivity index (χ3v) is 5.17. The molecule has 0 heterocycles.